The van der Waals surface area contributed by atoms with Gasteiger partial charge in [-0.05, 0) is 24.6 Å². The van der Waals surface area contributed by atoms with Gasteiger partial charge in [0.1, 0.15) is 21.8 Å². The number of amides is 2. The average Bonchev–Trinajstić information content (AvgIpc) is 3.12. The van der Waals surface area contributed by atoms with E-state index in [0.717, 1.165) is 24.6 Å². The highest BCUT2D eigenvalue weighted by atomic mass is 32.2. The molecule has 2 fully saturated rings. The molecule has 12 heteroatoms. The molecule has 0 bridgehead atoms. The first-order chi connectivity index (χ1) is 16.8. The molecular weight excluding hydrogens is 490 g/mol. The van der Waals surface area contributed by atoms with E-state index >= 15 is 0 Å². The van der Waals surface area contributed by atoms with E-state index in [2.05, 4.69) is 10.3 Å². The van der Waals surface area contributed by atoms with E-state index in [-0.39, 0.29) is 29.6 Å². The molecule has 0 unspecified atom stereocenters. The van der Waals surface area contributed by atoms with Crippen LogP contribution in [0.25, 0.3) is 11.7 Å². The Morgan fingerprint density at radius 3 is 2.89 bits per heavy atom. The van der Waals surface area contributed by atoms with Crippen molar-refractivity contribution in [2.75, 3.05) is 31.6 Å². The highest BCUT2D eigenvalue weighted by Crippen LogP contribution is 2.34. The van der Waals surface area contributed by atoms with Crippen molar-refractivity contribution < 1.29 is 19.1 Å². The number of thioether (sulfide) groups is 1. The highest BCUT2D eigenvalue weighted by molar-refractivity contribution is 8.26. The molecule has 2 amide bonds. The summed E-state index contributed by atoms with van der Waals surface area (Å²) in [6, 6.07) is 4.22. The lowest BCUT2D eigenvalue weighted by Crippen LogP contribution is -2.57. The molecule has 35 heavy (non-hydrogen) atoms. The van der Waals surface area contributed by atoms with Crippen LogP contribution in [0.5, 0.6) is 0 Å². The normalized spacial score (nSPS) is 19.5. The summed E-state index contributed by atoms with van der Waals surface area (Å²) in [6.45, 7) is 3.17. The fraction of sp³-hybridized carbons (Fsp3) is 0.391. The van der Waals surface area contributed by atoms with Crippen LogP contribution in [0.1, 0.15) is 31.7 Å². The van der Waals surface area contributed by atoms with Crippen LogP contribution in [0.2, 0.25) is 0 Å². The Balaban J connectivity index is 1.85. The van der Waals surface area contributed by atoms with Crippen molar-refractivity contribution in [3.05, 3.63) is 45.2 Å². The van der Waals surface area contributed by atoms with Crippen molar-refractivity contribution in [1.82, 2.24) is 19.6 Å². The van der Waals surface area contributed by atoms with Crippen LogP contribution in [0.15, 0.2) is 34.1 Å². The molecule has 0 aromatic carbocycles. The van der Waals surface area contributed by atoms with Gasteiger partial charge in [0.25, 0.3) is 11.5 Å². The van der Waals surface area contributed by atoms with E-state index in [1.165, 1.54) is 22.5 Å². The van der Waals surface area contributed by atoms with E-state index in [0.29, 0.717) is 34.5 Å². The van der Waals surface area contributed by atoms with Crippen LogP contribution in [-0.4, -0.2) is 69.2 Å². The summed E-state index contributed by atoms with van der Waals surface area (Å²) < 4.78 is 6.59. The van der Waals surface area contributed by atoms with Gasteiger partial charge in [0, 0.05) is 25.8 Å². The maximum absolute atomic E-state index is 13.6. The number of methoxy groups -OCH3 is 1. The third-order valence-electron chi connectivity index (χ3n) is 5.82. The van der Waals surface area contributed by atoms with Crippen LogP contribution in [-0.2, 0) is 19.1 Å². The van der Waals surface area contributed by atoms with Crippen molar-refractivity contribution in [3.8, 4) is 0 Å². The van der Waals surface area contributed by atoms with Crippen molar-refractivity contribution in [1.29, 1.82) is 0 Å². The zero-order valence-corrected chi connectivity index (χ0v) is 21.0. The molecule has 0 aliphatic carbocycles. The van der Waals surface area contributed by atoms with Gasteiger partial charge in [-0.15, -0.1) is 0 Å². The summed E-state index contributed by atoms with van der Waals surface area (Å²) >= 11 is 6.53. The largest absolute Gasteiger partial charge is 0.469 e. The zero-order valence-electron chi connectivity index (χ0n) is 19.4. The van der Waals surface area contributed by atoms with Gasteiger partial charge in [-0.1, -0.05) is 43.4 Å². The van der Waals surface area contributed by atoms with E-state index in [1.807, 2.05) is 6.92 Å². The van der Waals surface area contributed by atoms with Crippen LogP contribution in [0.3, 0.4) is 0 Å². The lowest BCUT2D eigenvalue weighted by atomic mass is 10.1. The summed E-state index contributed by atoms with van der Waals surface area (Å²) in [4.78, 5) is 59.6. The van der Waals surface area contributed by atoms with Gasteiger partial charge in [0.2, 0.25) is 5.91 Å². The summed E-state index contributed by atoms with van der Waals surface area (Å²) in [5.41, 5.74) is 0.129. The number of nitrogens with one attached hydrogen (secondary N) is 1. The molecule has 2 aliphatic heterocycles. The standard InChI is InChI=1S/C23H25N5O5S2/c1-3-4-9-28-22(32)16(35-23(28)34)12-14-19(25-17-7-5-6-10-27(17)21(14)31)26-11-8-24-20(30)15(26)13-18(29)33-2/h5-7,10,12,15H,3-4,8-9,11,13H2,1-2H3,(H,24,30)/b16-12-/t15-/m1/s1. The van der Waals surface area contributed by atoms with Crippen LogP contribution in [0.4, 0.5) is 5.82 Å². The van der Waals surface area contributed by atoms with Crippen LogP contribution >= 0.6 is 24.0 Å². The monoisotopic (exact) mass is 515 g/mol. The molecule has 0 spiro atoms. The first-order valence-corrected chi connectivity index (χ1v) is 12.5. The predicted molar refractivity (Wildman–Crippen MR) is 137 cm³/mol. The molecule has 0 saturated carbocycles. The molecule has 2 aromatic rings. The van der Waals surface area contributed by atoms with Crippen LogP contribution in [0, 0.1) is 0 Å². The molecule has 184 valence electrons. The molecule has 1 atom stereocenters. The minimum Gasteiger partial charge on any atom is -0.469 e. The molecule has 10 nitrogen and oxygen atoms in total. The van der Waals surface area contributed by atoms with Gasteiger partial charge in [-0.2, -0.15) is 0 Å². The molecular formula is C23H25N5O5S2. The third-order valence-corrected chi connectivity index (χ3v) is 7.20. The number of thiocarbonyl (C=S) groups is 1. The van der Waals surface area contributed by atoms with Gasteiger partial charge in [-0.3, -0.25) is 28.5 Å². The maximum Gasteiger partial charge on any atom is 0.308 e. The second-order valence-corrected chi connectivity index (χ2v) is 9.73. The topological polar surface area (TPSA) is 113 Å². The number of carbonyl (C=O) groups is 3. The zero-order chi connectivity index (χ0) is 25.1. The van der Waals surface area contributed by atoms with Gasteiger partial charge < -0.3 is 15.0 Å². The number of aromatic nitrogens is 2. The van der Waals surface area contributed by atoms with Gasteiger partial charge >= 0.3 is 5.97 Å². The van der Waals surface area contributed by atoms with Gasteiger partial charge in [0.15, 0.2) is 0 Å². The summed E-state index contributed by atoms with van der Waals surface area (Å²) in [7, 11) is 1.25. The summed E-state index contributed by atoms with van der Waals surface area (Å²) in [6.07, 6.45) is 4.60. The maximum atomic E-state index is 13.6. The summed E-state index contributed by atoms with van der Waals surface area (Å²) in [5.74, 6) is -0.968. The van der Waals surface area contributed by atoms with Gasteiger partial charge in [-0.25, -0.2) is 4.98 Å². The minimum atomic E-state index is -0.916. The lowest BCUT2D eigenvalue weighted by Gasteiger charge is -2.36. The molecule has 2 saturated heterocycles. The Labute approximate surface area is 211 Å². The van der Waals surface area contributed by atoms with E-state index in [9.17, 15) is 19.2 Å². The van der Waals surface area contributed by atoms with Crippen molar-refractivity contribution in [3.63, 3.8) is 0 Å². The number of pyridine rings is 1. The van der Waals surface area contributed by atoms with E-state index in [1.54, 1.807) is 29.3 Å². The number of anilines is 1. The minimum absolute atomic E-state index is 0.147. The van der Waals surface area contributed by atoms with E-state index in [4.69, 9.17) is 17.0 Å². The molecule has 0 radical (unpaired) electrons. The number of hydrogen-bond donors (Lipinski definition) is 1. The fourth-order valence-electron chi connectivity index (χ4n) is 3.99. The smallest absolute Gasteiger partial charge is 0.308 e. The molecule has 4 rings (SSSR count). The molecule has 1 N–H and O–H groups in total. The first kappa shape index (κ1) is 24.9. The average molecular weight is 516 g/mol. The Kier molecular flexibility index (Phi) is 7.51. The fourth-order valence-corrected chi connectivity index (χ4v) is 5.28. The molecule has 2 aromatic heterocycles. The number of hydrogen-bond acceptors (Lipinski definition) is 9. The number of carbonyl (C=O) groups excluding carboxylic acids is 3. The Morgan fingerprint density at radius 2 is 2.14 bits per heavy atom. The quantitative estimate of drug-likeness (QED) is 0.333. The van der Waals surface area contributed by atoms with Gasteiger partial charge in [0.05, 0.1) is 24.0 Å². The predicted octanol–water partition coefficient (Wildman–Crippen LogP) is 1.56. The number of ether oxygens (including phenoxy) is 1. The Hall–Kier alpha value is -3.25. The molecule has 4 heterocycles. The number of unbranched alkanes of at least 4 members (excludes halogenated alkanes) is 1. The summed E-state index contributed by atoms with van der Waals surface area (Å²) in [5, 5.41) is 2.75. The number of rotatable bonds is 7. The van der Waals surface area contributed by atoms with Crippen LogP contribution < -0.4 is 15.8 Å². The van der Waals surface area contributed by atoms with Crippen molar-refractivity contribution in [2.24, 2.45) is 0 Å². The number of esters is 1. The Bertz CT molecular complexity index is 1290. The first-order valence-electron chi connectivity index (χ1n) is 11.2. The molecule has 2 aliphatic rings. The van der Waals surface area contributed by atoms with E-state index < -0.39 is 17.6 Å². The third kappa shape index (κ3) is 4.94. The lowest BCUT2D eigenvalue weighted by molar-refractivity contribution is -0.143. The number of piperazine rings is 1. The highest BCUT2D eigenvalue weighted by Gasteiger charge is 2.36. The second-order valence-electron chi connectivity index (χ2n) is 8.05. The number of nitrogens with zero attached hydrogens (tertiary/aromatic N) is 4. The second kappa shape index (κ2) is 10.6. The Morgan fingerprint density at radius 1 is 1.34 bits per heavy atom. The SMILES string of the molecule is CCCCN1C(=O)/C(=C/c2c(N3CCNC(=O)[C@H]3CC(=O)OC)nc3ccccn3c2=O)SC1=S. The number of fused-ring (bicyclic) bond motifs is 1. The van der Waals surface area contributed by atoms with Crippen molar-refractivity contribution >= 4 is 63.6 Å². The van der Waals surface area contributed by atoms with Crippen molar-refractivity contribution in [2.45, 2.75) is 32.2 Å².